The van der Waals surface area contributed by atoms with E-state index in [1.807, 2.05) is 0 Å². The molecular weight excluding hydrogens is 781 g/mol. The molecule has 12 aromatic carbocycles. The van der Waals surface area contributed by atoms with Gasteiger partial charge in [0.05, 0.1) is 0 Å². The molecule has 0 saturated heterocycles. The minimum atomic E-state index is -0.00135. The van der Waals surface area contributed by atoms with E-state index >= 15 is 0 Å². The second kappa shape index (κ2) is 15.2. The predicted octanol–water partition coefficient (Wildman–Crippen LogP) is 17.8. The molecule has 0 N–H and O–H groups in total. The van der Waals surface area contributed by atoms with Crippen LogP contribution >= 0.6 is 0 Å². The molecule has 302 valence electrons. The fraction of sp³-hybridized carbons (Fsp3) is 0.0154. The summed E-state index contributed by atoms with van der Waals surface area (Å²) in [6.07, 6.45) is 0. The Hall–Kier alpha value is -8.32. The third-order valence-corrected chi connectivity index (χ3v) is 13.9. The predicted molar refractivity (Wildman–Crippen MR) is 276 cm³/mol. The normalized spacial score (nSPS) is 13.1. The van der Waals surface area contributed by atoms with Crippen LogP contribution in [0.3, 0.4) is 0 Å². The van der Waals surface area contributed by atoms with E-state index in [1.165, 1.54) is 127 Å². The highest BCUT2D eigenvalue weighted by molar-refractivity contribution is 6.23. The summed E-state index contributed by atoms with van der Waals surface area (Å²) in [5.41, 5.74) is 19.1. The van der Waals surface area contributed by atoms with Crippen LogP contribution in [0.15, 0.2) is 249 Å². The van der Waals surface area contributed by atoms with Crippen LogP contribution in [0.5, 0.6) is 0 Å². The van der Waals surface area contributed by atoms with Gasteiger partial charge in [0.2, 0.25) is 0 Å². The van der Waals surface area contributed by atoms with Crippen molar-refractivity contribution in [1.29, 1.82) is 0 Å². The van der Waals surface area contributed by atoms with Crippen LogP contribution in [0.4, 0.5) is 0 Å². The van der Waals surface area contributed by atoms with E-state index in [9.17, 15) is 0 Å². The van der Waals surface area contributed by atoms with Gasteiger partial charge < -0.3 is 0 Å². The number of hydrogen-bond acceptors (Lipinski definition) is 0. The second-order valence-electron chi connectivity index (χ2n) is 17.4. The topological polar surface area (TPSA) is 0 Å². The fourth-order valence-electron chi connectivity index (χ4n) is 11.2. The summed E-state index contributed by atoms with van der Waals surface area (Å²) in [6.45, 7) is 0. The molecule has 0 amide bonds. The van der Waals surface area contributed by atoms with Crippen molar-refractivity contribution in [2.75, 3.05) is 0 Å². The SMILES string of the molecule is c1ccc(-c2ccc(-c3c4ccccc4c(-c4ccccc4)c4ccccc34)cc2[C@H]2c3ccccc3-c3ccc(-c4c5ccccc5c(-c5ccccc5)c5ccccc45)cc32)cc1. The third kappa shape index (κ3) is 5.92. The van der Waals surface area contributed by atoms with Crippen molar-refractivity contribution in [3.63, 3.8) is 0 Å². The molecule has 0 heteroatoms. The van der Waals surface area contributed by atoms with E-state index in [2.05, 4.69) is 249 Å². The zero-order valence-corrected chi connectivity index (χ0v) is 35.7. The van der Waals surface area contributed by atoms with E-state index < -0.39 is 0 Å². The lowest BCUT2D eigenvalue weighted by Gasteiger charge is -2.23. The molecule has 0 fully saturated rings. The lowest BCUT2D eigenvalue weighted by Crippen LogP contribution is -2.03. The standard InChI is InChI=1S/C65H42/c1-4-20-42(21-5-1)47-38-36-45(63-55-32-16-12-28-51(55)61(43-22-6-2-7-23-43)52-29-13-17-33-56(52)63)40-59(47)65-50-27-11-10-26-48(50)49-39-37-46(41-60(49)65)64-57-34-18-14-30-53(57)62(44-24-8-3-9-25-44)54-31-15-19-35-58(54)64/h1-41,65H/t65-/m1/s1. The second-order valence-corrected chi connectivity index (χ2v) is 17.4. The summed E-state index contributed by atoms with van der Waals surface area (Å²) >= 11 is 0. The molecule has 0 spiro atoms. The number of fused-ring (bicyclic) bond motifs is 7. The van der Waals surface area contributed by atoms with Crippen molar-refractivity contribution in [3.05, 3.63) is 265 Å². The van der Waals surface area contributed by atoms with Gasteiger partial charge in [0.25, 0.3) is 0 Å². The average Bonchev–Trinajstić information content (AvgIpc) is 3.71. The van der Waals surface area contributed by atoms with Gasteiger partial charge >= 0.3 is 0 Å². The summed E-state index contributed by atoms with van der Waals surface area (Å²) in [7, 11) is 0. The lowest BCUT2D eigenvalue weighted by molar-refractivity contribution is 1.02. The van der Waals surface area contributed by atoms with Crippen LogP contribution in [-0.2, 0) is 0 Å². The van der Waals surface area contributed by atoms with Gasteiger partial charge in [-0.3, -0.25) is 0 Å². The van der Waals surface area contributed by atoms with Gasteiger partial charge in [-0.25, -0.2) is 0 Å². The maximum atomic E-state index is 2.53. The van der Waals surface area contributed by atoms with Crippen molar-refractivity contribution < 1.29 is 0 Å². The molecule has 1 aliphatic rings. The van der Waals surface area contributed by atoms with E-state index in [-0.39, 0.29) is 5.92 Å². The quantitative estimate of drug-likeness (QED) is 0.147. The molecule has 1 aliphatic carbocycles. The molecule has 65 heavy (non-hydrogen) atoms. The summed E-state index contributed by atoms with van der Waals surface area (Å²) in [4.78, 5) is 0. The Labute approximate surface area is 379 Å². The minimum Gasteiger partial charge on any atom is -0.0622 e. The van der Waals surface area contributed by atoms with Crippen LogP contribution in [0.2, 0.25) is 0 Å². The molecule has 0 nitrogen and oxygen atoms in total. The van der Waals surface area contributed by atoms with E-state index in [0.29, 0.717) is 0 Å². The maximum Gasteiger partial charge on any atom is 0.0358 e. The molecule has 0 saturated carbocycles. The van der Waals surface area contributed by atoms with E-state index in [1.54, 1.807) is 0 Å². The monoisotopic (exact) mass is 822 g/mol. The Balaban J connectivity index is 1.08. The van der Waals surface area contributed by atoms with Crippen LogP contribution in [0.25, 0.3) is 110 Å². The first-order valence-electron chi connectivity index (χ1n) is 22.7. The van der Waals surface area contributed by atoms with Gasteiger partial charge in [0.1, 0.15) is 0 Å². The Morgan fingerprint density at radius 2 is 0.477 bits per heavy atom. The number of benzene rings is 12. The smallest absolute Gasteiger partial charge is 0.0358 e. The molecule has 0 aromatic heterocycles. The molecule has 0 unspecified atom stereocenters. The highest BCUT2D eigenvalue weighted by atomic mass is 14.4. The first-order chi connectivity index (χ1) is 32.3. The molecular formula is C65H42. The van der Waals surface area contributed by atoms with Crippen LogP contribution in [-0.4, -0.2) is 0 Å². The Bertz CT molecular complexity index is 3690. The summed E-state index contributed by atoms with van der Waals surface area (Å²) < 4.78 is 0. The molecule has 13 rings (SSSR count). The first-order valence-corrected chi connectivity index (χ1v) is 22.7. The zero-order chi connectivity index (χ0) is 42.8. The first kappa shape index (κ1) is 37.3. The summed E-state index contributed by atoms with van der Waals surface area (Å²) in [6, 6.07) is 92.4. The largest absolute Gasteiger partial charge is 0.0622 e. The Morgan fingerprint density at radius 1 is 0.185 bits per heavy atom. The zero-order valence-electron chi connectivity index (χ0n) is 35.7. The lowest BCUT2D eigenvalue weighted by atomic mass is 9.80. The summed E-state index contributed by atoms with van der Waals surface area (Å²) in [5, 5.41) is 10.1. The third-order valence-electron chi connectivity index (χ3n) is 13.9. The average molecular weight is 823 g/mol. The molecule has 0 bridgehead atoms. The highest BCUT2D eigenvalue weighted by Crippen LogP contribution is 2.54. The van der Waals surface area contributed by atoms with Gasteiger partial charge in [-0.1, -0.05) is 237 Å². The number of rotatable bonds is 6. The minimum absolute atomic E-state index is 0.00135. The van der Waals surface area contributed by atoms with Gasteiger partial charge in [0.15, 0.2) is 0 Å². The van der Waals surface area contributed by atoms with Gasteiger partial charge in [-0.2, -0.15) is 0 Å². The molecule has 1 atom stereocenters. The fourth-order valence-corrected chi connectivity index (χ4v) is 11.2. The van der Waals surface area contributed by atoms with Gasteiger partial charge in [-0.15, -0.1) is 0 Å². The van der Waals surface area contributed by atoms with Crippen molar-refractivity contribution in [3.8, 4) is 66.8 Å². The van der Waals surface area contributed by atoms with Crippen molar-refractivity contribution >= 4 is 43.1 Å². The van der Waals surface area contributed by atoms with Crippen LogP contribution in [0.1, 0.15) is 22.6 Å². The van der Waals surface area contributed by atoms with Crippen LogP contribution < -0.4 is 0 Å². The van der Waals surface area contributed by atoms with Crippen LogP contribution in [0, 0.1) is 0 Å². The van der Waals surface area contributed by atoms with Gasteiger partial charge in [0, 0.05) is 5.92 Å². The van der Waals surface area contributed by atoms with E-state index in [0.717, 1.165) is 0 Å². The van der Waals surface area contributed by atoms with Crippen molar-refractivity contribution in [1.82, 2.24) is 0 Å². The van der Waals surface area contributed by atoms with E-state index in [4.69, 9.17) is 0 Å². The molecule has 0 aliphatic heterocycles. The van der Waals surface area contributed by atoms with Gasteiger partial charge in [-0.05, 0) is 139 Å². The molecule has 0 heterocycles. The Morgan fingerprint density at radius 3 is 0.892 bits per heavy atom. The maximum absolute atomic E-state index is 2.53. The molecule has 12 aromatic rings. The number of hydrogen-bond donors (Lipinski definition) is 0. The summed E-state index contributed by atoms with van der Waals surface area (Å²) in [5.74, 6) is -0.00135. The molecule has 0 radical (unpaired) electrons. The Kier molecular flexibility index (Phi) is 8.71. The van der Waals surface area contributed by atoms with Crippen molar-refractivity contribution in [2.45, 2.75) is 5.92 Å². The van der Waals surface area contributed by atoms with Crippen molar-refractivity contribution in [2.24, 2.45) is 0 Å². The highest BCUT2D eigenvalue weighted by Gasteiger charge is 2.33.